The lowest BCUT2D eigenvalue weighted by atomic mass is 10.2. The number of aromatic nitrogens is 2. The second-order valence-corrected chi connectivity index (χ2v) is 8.80. The number of para-hydroxylation sites is 1. The number of alkyl halides is 2. The third kappa shape index (κ3) is 4.41. The van der Waals surface area contributed by atoms with Crippen molar-refractivity contribution in [1.29, 1.82) is 0 Å². The Kier molecular flexibility index (Phi) is 6.07. The van der Waals surface area contributed by atoms with E-state index >= 15 is 0 Å². The summed E-state index contributed by atoms with van der Waals surface area (Å²) in [4.78, 5) is 25.6. The molecule has 1 unspecified atom stereocenters. The van der Waals surface area contributed by atoms with Gasteiger partial charge in [-0.3, -0.25) is 9.69 Å². The first-order valence-electron chi connectivity index (χ1n) is 9.31. The molecule has 1 aliphatic heterocycles. The molecular weight excluding hydrogens is 414 g/mol. The van der Waals surface area contributed by atoms with Crippen molar-refractivity contribution >= 4 is 39.2 Å². The molecule has 9 heteroatoms. The van der Waals surface area contributed by atoms with Crippen LogP contribution >= 0.6 is 23.1 Å². The maximum Gasteiger partial charge on any atom is 0.290 e. The van der Waals surface area contributed by atoms with Gasteiger partial charge in [0.15, 0.2) is 0 Å². The zero-order valence-electron chi connectivity index (χ0n) is 15.8. The molecule has 1 amide bonds. The quantitative estimate of drug-likeness (QED) is 0.553. The van der Waals surface area contributed by atoms with Crippen LogP contribution in [0.5, 0.6) is 0 Å². The second-order valence-electron chi connectivity index (χ2n) is 6.76. The van der Waals surface area contributed by atoms with E-state index in [4.69, 9.17) is 4.98 Å². The number of carbonyl (C=O) groups excluding carboxylic acids is 1. The van der Waals surface area contributed by atoms with Crippen LogP contribution in [0.25, 0.3) is 10.2 Å². The average molecular weight is 435 g/mol. The summed E-state index contributed by atoms with van der Waals surface area (Å²) in [5.41, 5.74) is 1.25. The van der Waals surface area contributed by atoms with Crippen LogP contribution in [0.4, 0.5) is 8.78 Å². The van der Waals surface area contributed by atoms with E-state index in [9.17, 15) is 13.6 Å². The Balaban J connectivity index is 1.42. The molecule has 2 aromatic heterocycles. The van der Waals surface area contributed by atoms with Gasteiger partial charge in [-0.1, -0.05) is 12.1 Å². The molecule has 0 saturated carbocycles. The van der Waals surface area contributed by atoms with Gasteiger partial charge in [-0.05, 0) is 43.0 Å². The van der Waals surface area contributed by atoms with Gasteiger partial charge in [-0.15, -0.1) is 11.3 Å². The van der Waals surface area contributed by atoms with Gasteiger partial charge in [0.1, 0.15) is 10.0 Å². The molecule has 152 valence electrons. The molecule has 1 aliphatic rings. The number of fused-ring (bicyclic) bond motifs is 1. The number of hydrogen-bond donors (Lipinski definition) is 0. The fourth-order valence-electron chi connectivity index (χ4n) is 3.44. The Morgan fingerprint density at radius 2 is 1.90 bits per heavy atom. The van der Waals surface area contributed by atoms with Crippen LogP contribution in [0.1, 0.15) is 28.3 Å². The Morgan fingerprint density at radius 1 is 1.14 bits per heavy atom. The monoisotopic (exact) mass is 434 g/mol. The fourth-order valence-corrected chi connectivity index (χ4v) is 5.07. The molecule has 5 nitrogen and oxygen atoms in total. The van der Waals surface area contributed by atoms with E-state index in [0.29, 0.717) is 37.9 Å². The molecule has 0 aliphatic carbocycles. The topological polar surface area (TPSA) is 49.3 Å². The summed E-state index contributed by atoms with van der Waals surface area (Å²) in [5, 5.41) is 1.15. The minimum absolute atomic E-state index is 0.0813. The molecule has 1 aromatic carbocycles. The minimum atomic E-state index is -2.61. The smallest absolute Gasteiger partial charge is 0.290 e. The predicted octanol–water partition coefficient (Wildman–Crippen LogP) is 4.53. The van der Waals surface area contributed by atoms with Gasteiger partial charge in [0, 0.05) is 32.4 Å². The summed E-state index contributed by atoms with van der Waals surface area (Å²) in [5.74, 6) is -2.85. The van der Waals surface area contributed by atoms with Crippen molar-refractivity contribution in [3.8, 4) is 0 Å². The SMILES string of the molecule is CC(c1nc2ccccc2s1)N1CCN(C(=O)c2cccnc2SC(F)F)CC1. The predicted molar refractivity (Wildman–Crippen MR) is 112 cm³/mol. The molecule has 0 radical (unpaired) electrons. The van der Waals surface area contributed by atoms with Gasteiger partial charge < -0.3 is 4.90 Å². The number of piperazine rings is 1. The second kappa shape index (κ2) is 8.73. The highest BCUT2D eigenvalue weighted by Crippen LogP contribution is 2.31. The van der Waals surface area contributed by atoms with Gasteiger partial charge in [0.25, 0.3) is 11.7 Å². The first kappa shape index (κ1) is 20.2. The number of thiazole rings is 1. The van der Waals surface area contributed by atoms with Crippen molar-refractivity contribution in [2.24, 2.45) is 0 Å². The zero-order chi connectivity index (χ0) is 20.4. The molecule has 3 heterocycles. The molecule has 29 heavy (non-hydrogen) atoms. The average Bonchev–Trinajstić information content (AvgIpc) is 3.17. The highest BCUT2D eigenvalue weighted by molar-refractivity contribution is 7.99. The lowest BCUT2D eigenvalue weighted by Gasteiger charge is -2.37. The van der Waals surface area contributed by atoms with Gasteiger partial charge >= 0.3 is 0 Å². The Hall–Kier alpha value is -2.10. The number of benzene rings is 1. The third-order valence-electron chi connectivity index (χ3n) is 5.02. The summed E-state index contributed by atoms with van der Waals surface area (Å²) >= 11 is 2.01. The molecule has 0 spiro atoms. The highest BCUT2D eigenvalue weighted by atomic mass is 32.2. The van der Waals surface area contributed by atoms with E-state index in [-0.39, 0.29) is 22.5 Å². The number of nitrogens with zero attached hydrogens (tertiary/aromatic N) is 4. The van der Waals surface area contributed by atoms with Gasteiger partial charge in [-0.2, -0.15) is 8.78 Å². The van der Waals surface area contributed by atoms with Gasteiger partial charge in [-0.25, -0.2) is 9.97 Å². The normalized spacial score (nSPS) is 16.5. The number of carbonyl (C=O) groups is 1. The largest absolute Gasteiger partial charge is 0.336 e. The summed E-state index contributed by atoms with van der Waals surface area (Å²) < 4.78 is 26.7. The maximum atomic E-state index is 12.9. The van der Waals surface area contributed by atoms with Crippen LogP contribution in [0.15, 0.2) is 47.6 Å². The lowest BCUT2D eigenvalue weighted by molar-refractivity contribution is 0.0578. The number of pyridine rings is 1. The molecule has 4 rings (SSSR count). The van der Waals surface area contributed by atoms with Crippen LogP contribution in [0.2, 0.25) is 0 Å². The highest BCUT2D eigenvalue weighted by Gasteiger charge is 2.28. The zero-order valence-corrected chi connectivity index (χ0v) is 17.4. The lowest BCUT2D eigenvalue weighted by Crippen LogP contribution is -2.49. The molecule has 0 bridgehead atoms. The van der Waals surface area contributed by atoms with E-state index in [1.165, 1.54) is 10.9 Å². The number of hydrogen-bond acceptors (Lipinski definition) is 6. The molecule has 1 atom stereocenters. The van der Waals surface area contributed by atoms with E-state index in [1.54, 1.807) is 28.4 Å². The van der Waals surface area contributed by atoms with Crippen molar-refractivity contribution in [3.05, 3.63) is 53.2 Å². The number of rotatable bonds is 5. The van der Waals surface area contributed by atoms with E-state index in [0.717, 1.165) is 10.5 Å². The molecule has 0 N–H and O–H groups in total. The number of halogens is 2. The van der Waals surface area contributed by atoms with Gasteiger partial charge in [0.2, 0.25) is 0 Å². The molecule has 3 aromatic rings. The Morgan fingerprint density at radius 3 is 2.62 bits per heavy atom. The third-order valence-corrected chi connectivity index (χ3v) is 6.95. The first-order chi connectivity index (χ1) is 14.0. The standard InChI is InChI=1S/C20H20F2N4OS2/c1-13(17-24-15-6-2-3-7-16(15)28-17)25-9-11-26(12-10-25)19(27)14-5-4-8-23-18(14)29-20(21)22/h2-8,13,20H,9-12H2,1H3. The Bertz CT molecular complexity index is 972. The Labute approximate surface area is 175 Å². The summed E-state index contributed by atoms with van der Waals surface area (Å²) in [6, 6.07) is 11.4. The van der Waals surface area contributed by atoms with Crippen LogP contribution in [-0.4, -0.2) is 57.6 Å². The molecule has 1 saturated heterocycles. The van der Waals surface area contributed by atoms with Crippen molar-refractivity contribution in [2.75, 3.05) is 26.2 Å². The molecule has 1 fully saturated rings. The van der Waals surface area contributed by atoms with Crippen molar-refractivity contribution < 1.29 is 13.6 Å². The minimum Gasteiger partial charge on any atom is -0.336 e. The number of thioether (sulfide) groups is 1. The maximum absolute atomic E-state index is 12.9. The van der Waals surface area contributed by atoms with Crippen molar-refractivity contribution in [2.45, 2.75) is 23.7 Å². The summed E-state index contributed by atoms with van der Waals surface area (Å²) in [7, 11) is 0. The van der Waals surface area contributed by atoms with E-state index < -0.39 is 5.76 Å². The van der Waals surface area contributed by atoms with Gasteiger partial charge in [0.05, 0.1) is 21.8 Å². The number of amides is 1. The summed E-state index contributed by atoms with van der Waals surface area (Å²) in [6.45, 7) is 4.64. The molecular formula is C20H20F2N4OS2. The van der Waals surface area contributed by atoms with E-state index in [2.05, 4.69) is 22.9 Å². The fraction of sp³-hybridized carbons (Fsp3) is 0.350. The van der Waals surface area contributed by atoms with Crippen molar-refractivity contribution in [1.82, 2.24) is 19.8 Å². The summed E-state index contributed by atoms with van der Waals surface area (Å²) in [6.07, 6.45) is 1.43. The first-order valence-corrected chi connectivity index (χ1v) is 11.0. The van der Waals surface area contributed by atoms with Crippen LogP contribution in [-0.2, 0) is 0 Å². The van der Waals surface area contributed by atoms with Crippen LogP contribution < -0.4 is 0 Å². The van der Waals surface area contributed by atoms with E-state index in [1.807, 2.05) is 18.2 Å². The van der Waals surface area contributed by atoms with Crippen LogP contribution in [0, 0.1) is 0 Å². The van der Waals surface area contributed by atoms with Crippen molar-refractivity contribution in [3.63, 3.8) is 0 Å². The van der Waals surface area contributed by atoms with Crippen LogP contribution in [0.3, 0.4) is 0 Å².